The number of amides is 1. The maximum atomic E-state index is 12.5. The van der Waals surface area contributed by atoms with Crippen LogP contribution in [0.4, 0.5) is 0 Å². The molecule has 0 saturated heterocycles. The molecule has 0 fully saturated rings. The van der Waals surface area contributed by atoms with Crippen molar-refractivity contribution in [3.8, 4) is 11.4 Å². The van der Waals surface area contributed by atoms with Gasteiger partial charge in [0.25, 0.3) is 11.5 Å². The predicted molar refractivity (Wildman–Crippen MR) is 108 cm³/mol. The van der Waals surface area contributed by atoms with E-state index in [0.717, 1.165) is 16.8 Å². The standard InChI is InChI=1S/C21H22N4O3/c1-14-9-10-19(15(2)11-14)28-13-20(26)23-22-12-18-16(3)24-25(21(18)27)17-7-5-4-6-8-17/h4-12,24H,13H2,1-3H3,(H,23,26)/b22-12+. The van der Waals surface area contributed by atoms with E-state index in [0.29, 0.717) is 17.0 Å². The third kappa shape index (κ3) is 4.37. The monoisotopic (exact) mass is 378 g/mol. The topological polar surface area (TPSA) is 88.5 Å². The molecule has 0 spiro atoms. The van der Waals surface area contributed by atoms with Gasteiger partial charge in [-0.15, -0.1) is 0 Å². The SMILES string of the molecule is Cc1ccc(OCC(=O)N/N=C/c2c(C)[nH]n(-c3ccccc3)c2=O)c(C)c1. The summed E-state index contributed by atoms with van der Waals surface area (Å²) in [5, 5.41) is 6.88. The first-order valence-electron chi connectivity index (χ1n) is 8.84. The molecule has 144 valence electrons. The summed E-state index contributed by atoms with van der Waals surface area (Å²) in [6.45, 7) is 5.52. The highest BCUT2D eigenvalue weighted by Gasteiger charge is 2.10. The van der Waals surface area contributed by atoms with E-state index in [-0.39, 0.29) is 12.2 Å². The quantitative estimate of drug-likeness (QED) is 0.510. The Balaban J connectivity index is 1.62. The van der Waals surface area contributed by atoms with Gasteiger partial charge in [0, 0.05) is 5.69 Å². The Labute approximate surface area is 162 Å². The first kappa shape index (κ1) is 19.2. The Morgan fingerprint density at radius 3 is 2.64 bits per heavy atom. The number of H-pyrrole nitrogens is 1. The van der Waals surface area contributed by atoms with Gasteiger partial charge in [-0.3, -0.25) is 14.7 Å². The number of aryl methyl sites for hydroxylation is 3. The largest absolute Gasteiger partial charge is 0.483 e. The molecule has 0 saturated carbocycles. The minimum absolute atomic E-state index is 0.165. The van der Waals surface area contributed by atoms with Gasteiger partial charge >= 0.3 is 0 Å². The van der Waals surface area contributed by atoms with Crippen molar-refractivity contribution in [2.75, 3.05) is 6.61 Å². The molecule has 3 aromatic rings. The van der Waals surface area contributed by atoms with Gasteiger partial charge in [-0.1, -0.05) is 35.9 Å². The average molecular weight is 378 g/mol. The van der Waals surface area contributed by atoms with E-state index in [2.05, 4.69) is 15.6 Å². The molecule has 2 aromatic carbocycles. The summed E-state index contributed by atoms with van der Waals surface area (Å²) in [6.07, 6.45) is 1.34. The number of carbonyl (C=O) groups excluding carboxylic acids is 1. The number of nitrogens with one attached hydrogen (secondary N) is 2. The minimum atomic E-state index is -0.409. The van der Waals surface area contributed by atoms with Crippen LogP contribution in [0.25, 0.3) is 5.69 Å². The van der Waals surface area contributed by atoms with Crippen LogP contribution in [0.1, 0.15) is 22.4 Å². The van der Waals surface area contributed by atoms with Gasteiger partial charge in [0.1, 0.15) is 5.75 Å². The maximum absolute atomic E-state index is 12.5. The fraction of sp³-hybridized carbons (Fsp3) is 0.190. The molecule has 0 unspecified atom stereocenters. The van der Waals surface area contributed by atoms with Gasteiger partial charge in [-0.2, -0.15) is 5.10 Å². The number of hydrogen-bond acceptors (Lipinski definition) is 4. The number of ether oxygens (including phenoxy) is 1. The van der Waals surface area contributed by atoms with Gasteiger partial charge < -0.3 is 4.74 Å². The molecule has 0 aliphatic carbocycles. The summed E-state index contributed by atoms with van der Waals surface area (Å²) in [5.74, 6) is 0.241. The van der Waals surface area contributed by atoms with E-state index in [9.17, 15) is 9.59 Å². The number of hydrogen-bond donors (Lipinski definition) is 2. The van der Waals surface area contributed by atoms with Crippen LogP contribution in [0.2, 0.25) is 0 Å². The van der Waals surface area contributed by atoms with E-state index in [4.69, 9.17) is 4.74 Å². The molecule has 1 heterocycles. The molecule has 0 bridgehead atoms. The molecule has 28 heavy (non-hydrogen) atoms. The zero-order valence-electron chi connectivity index (χ0n) is 16.0. The lowest BCUT2D eigenvalue weighted by Gasteiger charge is -2.08. The summed E-state index contributed by atoms with van der Waals surface area (Å²) in [5.41, 5.74) is 5.97. The number of aromatic nitrogens is 2. The van der Waals surface area contributed by atoms with Gasteiger partial charge in [-0.05, 0) is 44.5 Å². The Morgan fingerprint density at radius 2 is 1.93 bits per heavy atom. The Hall–Kier alpha value is -3.61. The second kappa shape index (κ2) is 8.39. The molecule has 0 aliphatic rings. The van der Waals surface area contributed by atoms with E-state index in [1.807, 2.05) is 62.4 Å². The molecule has 3 rings (SSSR count). The molecule has 0 atom stereocenters. The van der Waals surface area contributed by atoms with Crippen LogP contribution in [0.5, 0.6) is 5.75 Å². The van der Waals surface area contributed by atoms with E-state index < -0.39 is 5.91 Å². The second-order valence-corrected chi connectivity index (χ2v) is 6.48. The molecule has 2 N–H and O–H groups in total. The first-order valence-corrected chi connectivity index (χ1v) is 8.84. The third-order valence-corrected chi connectivity index (χ3v) is 4.20. The molecule has 7 heteroatoms. The molecule has 0 aliphatic heterocycles. The fourth-order valence-electron chi connectivity index (χ4n) is 2.78. The minimum Gasteiger partial charge on any atom is -0.483 e. The summed E-state index contributed by atoms with van der Waals surface area (Å²) >= 11 is 0. The van der Waals surface area contributed by atoms with Crippen molar-refractivity contribution in [3.63, 3.8) is 0 Å². The lowest BCUT2D eigenvalue weighted by Crippen LogP contribution is -2.25. The van der Waals surface area contributed by atoms with Gasteiger partial charge in [0.2, 0.25) is 0 Å². The van der Waals surface area contributed by atoms with E-state index in [1.54, 1.807) is 6.92 Å². The Bertz CT molecular complexity index is 1060. The van der Waals surface area contributed by atoms with Crippen LogP contribution in [0.3, 0.4) is 0 Å². The maximum Gasteiger partial charge on any atom is 0.280 e. The normalized spacial score (nSPS) is 11.0. The summed E-state index contributed by atoms with van der Waals surface area (Å²) in [7, 11) is 0. The smallest absolute Gasteiger partial charge is 0.280 e. The number of aromatic amines is 1. The number of nitrogens with zero attached hydrogens (tertiary/aromatic N) is 2. The van der Waals surface area contributed by atoms with Gasteiger partial charge in [-0.25, -0.2) is 10.1 Å². The van der Waals surface area contributed by atoms with Crippen LogP contribution < -0.4 is 15.7 Å². The zero-order chi connectivity index (χ0) is 20.1. The van der Waals surface area contributed by atoms with Crippen molar-refractivity contribution in [3.05, 3.63) is 81.3 Å². The van der Waals surface area contributed by atoms with Gasteiger partial charge in [0.15, 0.2) is 6.61 Å². The number of benzene rings is 2. The van der Waals surface area contributed by atoms with Crippen molar-refractivity contribution >= 4 is 12.1 Å². The second-order valence-electron chi connectivity index (χ2n) is 6.48. The van der Waals surface area contributed by atoms with Crippen molar-refractivity contribution in [1.29, 1.82) is 0 Å². The van der Waals surface area contributed by atoms with Crippen LogP contribution >= 0.6 is 0 Å². The highest BCUT2D eigenvalue weighted by atomic mass is 16.5. The first-order chi connectivity index (χ1) is 13.5. The lowest BCUT2D eigenvalue weighted by atomic mass is 10.1. The Kier molecular flexibility index (Phi) is 5.74. The molecular formula is C21H22N4O3. The van der Waals surface area contributed by atoms with Crippen molar-refractivity contribution < 1.29 is 9.53 Å². The number of rotatable bonds is 6. The van der Waals surface area contributed by atoms with Crippen molar-refractivity contribution in [2.45, 2.75) is 20.8 Å². The van der Waals surface area contributed by atoms with Crippen LogP contribution in [-0.4, -0.2) is 28.5 Å². The summed E-state index contributed by atoms with van der Waals surface area (Å²) in [4.78, 5) is 24.5. The predicted octanol–water partition coefficient (Wildman–Crippen LogP) is 2.62. The zero-order valence-corrected chi connectivity index (χ0v) is 16.0. The van der Waals surface area contributed by atoms with E-state index in [1.165, 1.54) is 10.9 Å². The number of carbonyl (C=O) groups is 1. The molecule has 1 amide bonds. The van der Waals surface area contributed by atoms with E-state index >= 15 is 0 Å². The lowest BCUT2D eigenvalue weighted by molar-refractivity contribution is -0.123. The summed E-state index contributed by atoms with van der Waals surface area (Å²) < 4.78 is 6.94. The molecular weight excluding hydrogens is 356 g/mol. The molecule has 1 aromatic heterocycles. The molecule has 0 radical (unpaired) electrons. The number of hydrazone groups is 1. The summed E-state index contributed by atoms with van der Waals surface area (Å²) in [6, 6.07) is 15.0. The average Bonchev–Trinajstić information content (AvgIpc) is 2.96. The molecule has 7 nitrogen and oxygen atoms in total. The number of para-hydroxylation sites is 1. The third-order valence-electron chi connectivity index (χ3n) is 4.20. The Morgan fingerprint density at radius 1 is 1.18 bits per heavy atom. The van der Waals surface area contributed by atoms with Crippen molar-refractivity contribution in [1.82, 2.24) is 15.2 Å². The van der Waals surface area contributed by atoms with Gasteiger partial charge in [0.05, 0.1) is 17.5 Å². The van der Waals surface area contributed by atoms with Crippen LogP contribution in [0, 0.1) is 20.8 Å². The van der Waals surface area contributed by atoms with Crippen LogP contribution in [-0.2, 0) is 4.79 Å². The highest BCUT2D eigenvalue weighted by molar-refractivity contribution is 5.83. The highest BCUT2D eigenvalue weighted by Crippen LogP contribution is 2.18. The fourth-order valence-corrected chi connectivity index (χ4v) is 2.78. The van der Waals surface area contributed by atoms with Crippen molar-refractivity contribution in [2.24, 2.45) is 5.10 Å². The van der Waals surface area contributed by atoms with Crippen LogP contribution in [0.15, 0.2) is 58.4 Å².